The van der Waals surface area contributed by atoms with Gasteiger partial charge in [-0.25, -0.2) is 0 Å². The quantitative estimate of drug-likeness (QED) is 0.589. The van der Waals surface area contributed by atoms with Crippen molar-refractivity contribution in [3.8, 4) is 5.75 Å². The third kappa shape index (κ3) is 4.37. The van der Waals surface area contributed by atoms with E-state index in [4.69, 9.17) is 4.74 Å². The minimum absolute atomic E-state index is 0.0137. The van der Waals surface area contributed by atoms with E-state index >= 15 is 0 Å². The summed E-state index contributed by atoms with van der Waals surface area (Å²) >= 11 is 0. The number of hydrogen-bond donors (Lipinski definition) is 1. The molecule has 3 aromatic carbocycles. The van der Waals surface area contributed by atoms with Gasteiger partial charge in [-0.1, -0.05) is 42.5 Å². The number of carbonyl (C=O) groups is 2. The number of anilines is 2. The Labute approximate surface area is 189 Å². The summed E-state index contributed by atoms with van der Waals surface area (Å²) in [6.07, 6.45) is 0.821. The molecule has 0 radical (unpaired) electrons. The molecular weight excluding hydrogens is 400 g/mol. The third-order valence-corrected chi connectivity index (χ3v) is 6.08. The summed E-state index contributed by atoms with van der Waals surface area (Å²) in [6, 6.07) is 22.9. The zero-order valence-electron chi connectivity index (χ0n) is 18.7. The number of carbonyl (C=O) groups excluding carboxylic acids is 2. The minimum atomic E-state index is -0.393. The topological polar surface area (TPSA) is 58.6 Å². The van der Waals surface area contributed by atoms with Crippen molar-refractivity contribution < 1.29 is 14.3 Å². The average molecular weight is 429 g/mol. The SMILES string of the molecule is COc1ccc(N2C(=O)CC[C@@H](C(=O)Nc3cc(C)ccc3C)[C@H]2c2ccccc2)cc1. The monoisotopic (exact) mass is 428 g/mol. The number of benzene rings is 3. The maximum atomic E-state index is 13.5. The molecule has 5 nitrogen and oxygen atoms in total. The molecule has 0 aromatic heterocycles. The van der Waals surface area contributed by atoms with E-state index in [1.165, 1.54) is 0 Å². The van der Waals surface area contributed by atoms with Crippen molar-refractivity contribution in [3.05, 3.63) is 89.5 Å². The van der Waals surface area contributed by atoms with Crippen LogP contribution in [0.25, 0.3) is 0 Å². The van der Waals surface area contributed by atoms with Gasteiger partial charge in [0.15, 0.2) is 0 Å². The van der Waals surface area contributed by atoms with Gasteiger partial charge in [0.25, 0.3) is 0 Å². The Hall–Kier alpha value is -3.60. The van der Waals surface area contributed by atoms with Gasteiger partial charge in [0.2, 0.25) is 11.8 Å². The number of piperidine rings is 1. The first kappa shape index (κ1) is 21.6. The van der Waals surface area contributed by atoms with Crippen molar-refractivity contribution in [2.75, 3.05) is 17.3 Å². The van der Waals surface area contributed by atoms with Gasteiger partial charge < -0.3 is 15.0 Å². The lowest BCUT2D eigenvalue weighted by Crippen LogP contribution is -2.47. The fourth-order valence-corrected chi connectivity index (χ4v) is 4.34. The molecule has 1 aliphatic rings. The van der Waals surface area contributed by atoms with E-state index in [-0.39, 0.29) is 17.7 Å². The molecule has 0 unspecified atom stereocenters. The third-order valence-electron chi connectivity index (χ3n) is 6.08. The van der Waals surface area contributed by atoms with Crippen LogP contribution in [0.5, 0.6) is 5.75 Å². The number of hydrogen-bond acceptors (Lipinski definition) is 3. The molecule has 1 aliphatic heterocycles. The number of methoxy groups -OCH3 is 1. The van der Waals surface area contributed by atoms with Crippen molar-refractivity contribution in [2.45, 2.75) is 32.7 Å². The highest BCUT2D eigenvalue weighted by molar-refractivity contribution is 6.00. The maximum absolute atomic E-state index is 13.5. The van der Waals surface area contributed by atoms with Crippen LogP contribution in [0, 0.1) is 19.8 Å². The zero-order valence-corrected chi connectivity index (χ0v) is 18.7. The first-order valence-corrected chi connectivity index (χ1v) is 10.9. The van der Waals surface area contributed by atoms with Gasteiger partial charge in [-0.2, -0.15) is 0 Å². The predicted molar refractivity (Wildman–Crippen MR) is 127 cm³/mol. The van der Waals surface area contributed by atoms with Crippen molar-refractivity contribution in [2.24, 2.45) is 5.92 Å². The number of nitrogens with one attached hydrogen (secondary N) is 1. The lowest BCUT2D eigenvalue weighted by Gasteiger charge is -2.41. The second-order valence-electron chi connectivity index (χ2n) is 8.27. The molecule has 4 rings (SSSR count). The fraction of sp³-hybridized carbons (Fsp3) is 0.259. The van der Waals surface area contributed by atoms with E-state index in [1.807, 2.05) is 86.6 Å². The minimum Gasteiger partial charge on any atom is -0.497 e. The predicted octanol–water partition coefficient (Wildman–Crippen LogP) is 5.44. The Kier molecular flexibility index (Phi) is 6.26. The van der Waals surface area contributed by atoms with Crippen molar-refractivity contribution in [1.82, 2.24) is 0 Å². The van der Waals surface area contributed by atoms with Crippen LogP contribution in [0.3, 0.4) is 0 Å². The van der Waals surface area contributed by atoms with Crippen LogP contribution in [-0.4, -0.2) is 18.9 Å². The molecule has 1 fully saturated rings. The fourth-order valence-electron chi connectivity index (χ4n) is 4.34. The van der Waals surface area contributed by atoms with E-state index in [2.05, 4.69) is 5.32 Å². The molecule has 2 amide bonds. The number of ether oxygens (including phenoxy) is 1. The zero-order chi connectivity index (χ0) is 22.7. The summed E-state index contributed by atoms with van der Waals surface area (Å²) in [5.74, 6) is 0.286. The highest BCUT2D eigenvalue weighted by Crippen LogP contribution is 2.41. The van der Waals surface area contributed by atoms with E-state index in [0.717, 1.165) is 33.8 Å². The van der Waals surface area contributed by atoms with Crippen LogP contribution in [-0.2, 0) is 9.59 Å². The van der Waals surface area contributed by atoms with Crippen LogP contribution in [0.2, 0.25) is 0 Å². The molecule has 1 heterocycles. The van der Waals surface area contributed by atoms with E-state index in [0.29, 0.717) is 12.8 Å². The molecule has 0 saturated carbocycles. The molecule has 1 saturated heterocycles. The average Bonchev–Trinajstić information content (AvgIpc) is 2.82. The summed E-state index contributed by atoms with van der Waals surface area (Å²) in [6.45, 7) is 3.99. The lowest BCUT2D eigenvalue weighted by molar-refractivity contribution is -0.125. The Morgan fingerprint density at radius 2 is 1.72 bits per heavy atom. The van der Waals surface area contributed by atoms with Crippen LogP contribution < -0.4 is 15.0 Å². The van der Waals surface area contributed by atoms with E-state index in [1.54, 1.807) is 12.0 Å². The first-order valence-electron chi connectivity index (χ1n) is 10.9. The Morgan fingerprint density at radius 1 is 1.00 bits per heavy atom. The Balaban J connectivity index is 1.72. The molecular formula is C27H28N2O3. The Morgan fingerprint density at radius 3 is 2.41 bits per heavy atom. The molecule has 0 bridgehead atoms. The highest BCUT2D eigenvalue weighted by atomic mass is 16.5. The van der Waals surface area contributed by atoms with Gasteiger partial charge in [0, 0.05) is 17.8 Å². The number of aryl methyl sites for hydroxylation is 2. The summed E-state index contributed by atoms with van der Waals surface area (Å²) < 4.78 is 5.27. The van der Waals surface area contributed by atoms with Gasteiger partial charge in [-0.3, -0.25) is 9.59 Å². The lowest BCUT2D eigenvalue weighted by atomic mass is 9.83. The van der Waals surface area contributed by atoms with Crippen LogP contribution in [0.1, 0.15) is 35.6 Å². The second kappa shape index (κ2) is 9.27. The molecule has 3 aromatic rings. The number of amides is 2. The summed E-state index contributed by atoms with van der Waals surface area (Å²) in [7, 11) is 1.61. The van der Waals surface area contributed by atoms with Crippen LogP contribution in [0.15, 0.2) is 72.8 Å². The van der Waals surface area contributed by atoms with Crippen molar-refractivity contribution in [1.29, 1.82) is 0 Å². The van der Waals surface area contributed by atoms with E-state index < -0.39 is 6.04 Å². The number of rotatable bonds is 5. The molecule has 1 N–H and O–H groups in total. The Bertz CT molecular complexity index is 1110. The molecule has 5 heteroatoms. The summed E-state index contributed by atoms with van der Waals surface area (Å²) in [5.41, 5.74) is 4.62. The molecule has 2 atom stereocenters. The van der Waals surface area contributed by atoms with Gasteiger partial charge in [0.05, 0.1) is 19.1 Å². The van der Waals surface area contributed by atoms with Crippen molar-refractivity contribution in [3.63, 3.8) is 0 Å². The van der Waals surface area contributed by atoms with Crippen LogP contribution in [0.4, 0.5) is 11.4 Å². The molecule has 0 aliphatic carbocycles. The molecule has 32 heavy (non-hydrogen) atoms. The maximum Gasteiger partial charge on any atom is 0.229 e. The van der Waals surface area contributed by atoms with Crippen LogP contribution >= 0.6 is 0 Å². The van der Waals surface area contributed by atoms with E-state index in [9.17, 15) is 9.59 Å². The van der Waals surface area contributed by atoms with Gasteiger partial charge in [-0.05, 0) is 67.3 Å². The van der Waals surface area contributed by atoms with Gasteiger partial charge in [0.1, 0.15) is 5.75 Å². The summed E-state index contributed by atoms with van der Waals surface area (Å²) in [4.78, 5) is 28.4. The standard InChI is InChI=1S/C27H28N2O3/c1-18-9-10-19(2)24(17-18)28-27(31)23-15-16-25(30)29(21-11-13-22(32-3)14-12-21)26(23)20-7-5-4-6-8-20/h4-14,17,23,26H,15-16H2,1-3H3,(H,28,31)/t23-,26-/m1/s1. The van der Waals surface area contributed by atoms with Gasteiger partial charge >= 0.3 is 0 Å². The largest absolute Gasteiger partial charge is 0.497 e. The number of nitrogens with zero attached hydrogens (tertiary/aromatic N) is 1. The van der Waals surface area contributed by atoms with Crippen molar-refractivity contribution >= 4 is 23.2 Å². The normalized spacial score (nSPS) is 18.3. The smallest absolute Gasteiger partial charge is 0.229 e. The highest BCUT2D eigenvalue weighted by Gasteiger charge is 2.41. The second-order valence-corrected chi connectivity index (χ2v) is 8.27. The van der Waals surface area contributed by atoms with Gasteiger partial charge in [-0.15, -0.1) is 0 Å². The summed E-state index contributed by atoms with van der Waals surface area (Å²) in [5, 5.41) is 3.13. The molecule has 164 valence electrons. The first-order chi connectivity index (χ1) is 15.5. The molecule has 0 spiro atoms.